The molecule has 3 N–H and O–H groups in total. The first kappa shape index (κ1) is 12.6. The number of anilines is 1. The minimum Gasteiger partial charge on any atom is -0.508 e. The Bertz CT molecular complexity index is 670. The smallest absolute Gasteiger partial charge is 0.195 e. The molecule has 0 aliphatic carbocycles. The minimum atomic E-state index is -0.171. The van der Waals surface area contributed by atoms with Gasteiger partial charge < -0.3 is 15.7 Å². The van der Waals surface area contributed by atoms with E-state index in [-0.39, 0.29) is 11.8 Å². The van der Waals surface area contributed by atoms with Gasteiger partial charge in [-0.15, -0.1) is 0 Å². The van der Waals surface area contributed by atoms with E-state index in [1.165, 1.54) is 0 Å². The Kier molecular flexibility index (Phi) is 3.35. The average molecular weight is 283 g/mol. The highest BCUT2D eigenvalue weighted by Gasteiger charge is 2.25. The lowest BCUT2D eigenvalue weighted by atomic mass is 10.1. The quantitative estimate of drug-likeness (QED) is 0.742. The van der Waals surface area contributed by atoms with E-state index in [0.29, 0.717) is 5.11 Å². The van der Waals surface area contributed by atoms with E-state index in [1.807, 2.05) is 36.4 Å². The number of aliphatic imine (C=N–C) groups is 1. The predicted molar refractivity (Wildman–Crippen MR) is 84.1 cm³/mol. The topological polar surface area (TPSA) is 56.6 Å². The summed E-state index contributed by atoms with van der Waals surface area (Å²) < 4.78 is 0. The van der Waals surface area contributed by atoms with E-state index >= 15 is 0 Å². The van der Waals surface area contributed by atoms with Crippen molar-refractivity contribution in [1.29, 1.82) is 0 Å². The van der Waals surface area contributed by atoms with Crippen molar-refractivity contribution in [2.45, 2.75) is 6.04 Å². The molecule has 2 aromatic carbocycles. The van der Waals surface area contributed by atoms with E-state index in [4.69, 9.17) is 12.2 Å². The highest BCUT2D eigenvalue weighted by molar-refractivity contribution is 7.80. The zero-order chi connectivity index (χ0) is 13.9. The Balaban J connectivity index is 1.88. The van der Waals surface area contributed by atoms with Gasteiger partial charge in [-0.3, -0.25) is 0 Å². The number of hydrogen-bond donors (Lipinski definition) is 3. The molecule has 5 heteroatoms. The van der Waals surface area contributed by atoms with Crippen LogP contribution in [0.25, 0.3) is 0 Å². The van der Waals surface area contributed by atoms with Crippen molar-refractivity contribution in [3.63, 3.8) is 0 Å². The fourth-order valence-corrected chi connectivity index (χ4v) is 2.33. The van der Waals surface area contributed by atoms with Crippen LogP contribution in [0.2, 0.25) is 0 Å². The standard InChI is InChI=1S/C15H13N3OS/c19-12-8-4-5-10(9-12)13-14(18-15(20)17-13)16-11-6-2-1-3-7-11/h1-9,13,19H,(H2,16,17,18,20). The molecule has 20 heavy (non-hydrogen) atoms. The Labute approximate surface area is 122 Å². The van der Waals surface area contributed by atoms with Crippen molar-refractivity contribution < 1.29 is 5.11 Å². The van der Waals surface area contributed by atoms with Gasteiger partial charge in [0.25, 0.3) is 0 Å². The van der Waals surface area contributed by atoms with Crippen molar-refractivity contribution in [1.82, 2.24) is 5.32 Å². The Hall–Kier alpha value is -2.40. The summed E-state index contributed by atoms with van der Waals surface area (Å²) in [6, 6.07) is 16.7. The second-order valence-electron chi connectivity index (χ2n) is 4.47. The molecule has 0 aromatic heterocycles. The Morgan fingerprint density at radius 3 is 2.65 bits per heavy atom. The second-order valence-corrected chi connectivity index (χ2v) is 4.85. The summed E-state index contributed by atoms with van der Waals surface area (Å²) in [4.78, 5) is 4.32. The van der Waals surface area contributed by atoms with Crippen molar-refractivity contribution in [3.05, 3.63) is 60.2 Å². The maximum Gasteiger partial charge on any atom is 0.195 e. The van der Waals surface area contributed by atoms with Gasteiger partial charge in [0.05, 0.1) is 0 Å². The largest absolute Gasteiger partial charge is 0.508 e. The van der Waals surface area contributed by atoms with Gasteiger partial charge in [-0.1, -0.05) is 30.3 Å². The molecule has 3 rings (SSSR count). The van der Waals surface area contributed by atoms with E-state index in [9.17, 15) is 5.11 Å². The van der Waals surface area contributed by atoms with Gasteiger partial charge in [0.1, 0.15) is 17.6 Å². The average Bonchev–Trinajstić information content (AvgIpc) is 2.81. The SMILES string of the molecule is Oc1cccc(C2NC(=S)N=C2Nc2ccccc2)c1. The number of amidine groups is 1. The number of aromatic hydroxyl groups is 1. The number of hydrogen-bond acceptors (Lipinski definition) is 3. The number of thiocarbonyl (C=S) groups is 1. The predicted octanol–water partition coefficient (Wildman–Crippen LogP) is 2.83. The van der Waals surface area contributed by atoms with Crippen LogP contribution in [0.1, 0.15) is 11.6 Å². The molecule has 0 amide bonds. The van der Waals surface area contributed by atoms with E-state index < -0.39 is 0 Å². The highest BCUT2D eigenvalue weighted by atomic mass is 32.1. The first-order chi connectivity index (χ1) is 9.72. The van der Waals surface area contributed by atoms with Crippen LogP contribution in [0.4, 0.5) is 5.69 Å². The lowest BCUT2D eigenvalue weighted by Crippen LogP contribution is -2.27. The number of phenols is 1. The molecule has 1 aliphatic heterocycles. The van der Waals surface area contributed by atoms with Crippen LogP contribution in [0, 0.1) is 0 Å². The van der Waals surface area contributed by atoms with Crippen molar-refractivity contribution in [3.8, 4) is 5.75 Å². The maximum atomic E-state index is 9.59. The summed E-state index contributed by atoms with van der Waals surface area (Å²) in [6.45, 7) is 0. The molecule has 0 saturated heterocycles. The molecule has 100 valence electrons. The van der Waals surface area contributed by atoms with E-state index in [1.54, 1.807) is 18.2 Å². The molecule has 1 heterocycles. The third-order valence-corrected chi connectivity index (χ3v) is 3.22. The number of para-hydroxylation sites is 1. The molecule has 0 bridgehead atoms. The maximum absolute atomic E-state index is 9.59. The second kappa shape index (κ2) is 5.30. The summed E-state index contributed by atoms with van der Waals surface area (Å²) in [5.41, 5.74) is 1.86. The molecular formula is C15H13N3OS. The molecular weight excluding hydrogens is 270 g/mol. The zero-order valence-electron chi connectivity index (χ0n) is 10.6. The first-order valence-corrected chi connectivity index (χ1v) is 6.63. The zero-order valence-corrected chi connectivity index (χ0v) is 11.4. The summed E-state index contributed by atoms with van der Waals surface area (Å²) in [7, 11) is 0. The Morgan fingerprint density at radius 2 is 1.90 bits per heavy atom. The van der Waals surface area contributed by atoms with Crippen molar-refractivity contribution in [2.24, 2.45) is 4.99 Å². The third-order valence-electron chi connectivity index (χ3n) is 3.01. The molecule has 0 saturated carbocycles. The van der Waals surface area contributed by atoms with Gasteiger partial charge in [0.2, 0.25) is 0 Å². The molecule has 0 fully saturated rings. The molecule has 1 unspecified atom stereocenters. The normalized spacial score (nSPS) is 17.5. The van der Waals surface area contributed by atoms with Gasteiger partial charge >= 0.3 is 0 Å². The lowest BCUT2D eigenvalue weighted by molar-refractivity contribution is 0.474. The molecule has 0 radical (unpaired) electrons. The fourth-order valence-electron chi connectivity index (χ4n) is 2.11. The van der Waals surface area contributed by atoms with Crippen LogP contribution in [0.5, 0.6) is 5.75 Å². The lowest BCUT2D eigenvalue weighted by Gasteiger charge is -2.16. The molecule has 1 atom stereocenters. The molecule has 4 nitrogen and oxygen atoms in total. The molecule has 0 spiro atoms. The van der Waals surface area contributed by atoms with Gasteiger partial charge in [0, 0.05) is 5.69 Å². The summed E-state index contributed by atoms with van der Waals surface area (Å²) in [5, 5.41) is 16.4. The molecule has 2 aromatic rings. The minimum absolute atomic E-state index is 0.171. The van der Waals surface area contributed by atoms with Crippen LogP contribution in [-0.2, 0) is 0 Å². The van der Waals surface area contributed by atoms with Gasteiger partial charge in [-0.2, -0.15) is 0 Å². The van der Waals surface area contributed by atoms with E-state index in [2.05, 4.69) is 15.6 Å². The van der Waals surface area contributed by atoms with Crippen molar-refractivity contribution in [2.75, 3.05) is 5.32 Å². The van der Waals surface area contributed by atoms with Crippen LogP contribution >= 0.6 is 12.2 Å². The highest BCUT2D eigenvalue weighted by Crippen LogP contribution is 2.23. The number of phenolic OH excluding ortho intramolecular Hbond substituents is 1. The monoisotopic (exact) mass is 283 g/mol. The van der Waals surface area contributed by atoms with E-state index in [0.717, 1.165) is 17.1 Å². The number of nitrogens with one attached hydrogen (secondary N) is 2. The number of benzene rings is 2. The first-order valence-electron chi connectivity index (χ1n) is 6.22. The van der Waals surface area contributed by atoms with Gasteiger partial charge in [-0.05, 0) is 42.0 Å². The van der Waals surface area contributed by atoms with Crippen LogP contribution in [0.3, 0.4) is 0 Å². The number of rotatable bonds is 2. The summed E-state index contributed by atoms with van der Waals surface area (Å²) in [6.07, 6.45) is 0. The molecule has 1 aliphatic rings. The van der Waals surface area contributed by atoms with Crippen LogP contribution < -0.4 is 10.6 Å². The van der Waals surface area contributed by atoms with Crippen LogP contribution in [0.15, 0.2) is 59.6 Å². The van der Waals surface area contributed by atoms with Gasteiger partial charge in [0.15, 0.2) is 5.11 Å². The fraction of sp³-hybridized carbons (Fsp3) is 0.0667. The third kappa shape index (κ3) is 2.62. The van der Waals surface area contributed by atoms with Crippen molar-refractivity contribution >= 4 is 28.9 Å². The number of nitrogens with zero attached hydrogens (tertiary/aromatic N) is 1. The summed E-state index contributed by atoms with van der Waals surface area (Å²) >= 11 is 5.12. The summed E-state index contributed by atoms with van der Waals surface area (Å²) in [5.74, 6) is 0.952. The van der Waals surface area contributed by atoms with Gasteiger partial charge in [-0.25, -0.2) is 4.99 Å². The van der Waals surface area contributed by atoms with Crippen LogP contribution in [-0.4, -0.2) is 16.1 Å². The Morgan fingerprint density at radius 1 is 1.10 bits per heavy atom.